The lowest BCUT2D eigenvalue weighted by atomic mass is 10.2. The molecule has 0 aliphatic rings. The number of nitrogens with zero attached hydrogens (tertiary/aromatic N) is 2. The molecule has 0 radical (unpaired) electrons. The van der Waals surface area contributed by atoms with Gasteiger partial charge in [0.05, 0.1) is 6.61 Å². The first kappa shape index (κ1) is 12.9. The van der Waals surface area contributed by atoms with Gasteiger partial charge in [-0.15, -0.1) is 0 Å². The number of hydrogen-bond donors (Lipinski definition) is 1. The van der Waals surface area contributed by atoms with Gasteiger partial charge < -0.3 is 15.4 Å². The van der Waals surface area contributed by atoms with Crippen molar-refractivity contribution in [2.75, 3.05) is 38.3 Å². The van der Waals surface area contributed by atoms with Crippen LogP contribution in [-0.2, 0) is 4.74 Å². The Morgan fingerprint density at radius 1 is 1.44 bits per heavy atom. The number of methoxy groups -OCH3 is 1. The van der Waals surface area contributed by atoms with Crippen LogP contribution < -0.4 is 10.6 Å². The summed E-state index contributed by atoms with van der Waals surface area (Å²) < 4.78 is 5.12. The minimum Gasteiger partial charge on any atom is -0.383 e. The van der Waals surface area contributed by atoms with E-state index in [-0.39, 0.29) is 0 Å². The Morgan fingerprint density at radius 2 is 2.25 bits per heavy atom. The molecule has 0 saturated carbocycles. The van der Waals surface area contributed by atoms with Crippen LogP contribution in [0.3, 0.4) is 0 Å². The molecule has 1 aromatic heterocycles. The minimum absolute atomic E-state index is 0.716. The largest absolute Gasteiger partial charge is 0.383 e. The standard InChI is InChI=1S/C12H21N3O/c1-11-10-12(4-6-14-11)15(7-3-5-13)8-9-16-2/h4,6,10H,3,5,7-9,13H2,1-2H3. The number of rotatable bonds is 7. The van der Waals surface area contributed by atoms with Crippen molar-refractivity contribution in [2.45, 2.75) is 13.3 Å². The molecule has 0 bridgehead atoms. The van der Waals surface area contributed by atoms with Gasteiger partial charge >= 0.3 is 0 Å². The second kappa shape index (κ2) is 7.19. The summed E-state index contributed by atoms with van der Waals surface area (Å²) in [7, 11) is 1.72. The lowest BCUT2D eigenvalue weighted by Crippen LogP contribution is -2.29. The highest BCUT2D eigenvalue weighted by Crippen LogP contribution is 2.14. The van der Waals surface area contributed by atoms with Gasteiger partial charge in [0.1, 0.15) is 0 Å². The number of pyridine rings is 1. The first-order valence-corrected chi connectivity index (χ1v) is 5.64. The van der Waals surface area contributed by atoms with Crippen LogP contribution in [0.1, 0.15) is 12.1 Å². The van der Waals surface area contributed by atoms with E-state index in [4.69, 9.17) is 10.5 Å². The van der Waals surface area contributed by atoms with E-state index in [1.54, 1.807) is 7.11 Å². The molecule has 0 aliphatic heterocycles. The molecule has 0 aliphatic carbocycles. The molecule has 2 N–H and O–H groups in total. The van der Waals surface area contributed by atoms with Crippen molar-refractivity contribution in [3.8, 4) is 0 Å². The second-order valence-electron chi connectivity index (χ2n) is 3.78. The predicted octanol–water partition coefficient (Wildman–Crippen LogP) is 1.19. The molecular weight excluding hydrogens is 202 g/mol. The average Bonchev–Trinajstić information content (AvgIpc) is 2.29. The molecule has 0 unspecified atom stereocenters. The third-order valence-electron chi connectivity index (χ3n) is 2.44. The quantitative estimate of drug-likeness (QED) is 0.754. The Bertz CT molecular complexity index is 296. The molecule has 1 heterocycles. The molecule has 1 aromatic rings. The van der Waals surface area contributed by atoms with E-state index in [0.717, 1.165) is 31.8 Å². The second-order valence-corrected chi connectivity index (χ2v) is 3.78. The maximum Gasteiger partial charge on any atom is 0.0637 e. The van der Waals surface area contributed by atoms with Gasteiger partial charge in [-0.25, -0.2) is 0 Å². The van der Waals surface area contributed by atoms with Crippen molar-refractivity contribution >= 4 is 5.69 Å². The van der Waals surface area contributed by atoms with Crippen molar-refractivity contribution in [3.05, 3.63) is 24.0 Å². The van der Waals surface area contributed by atoms with E-state index in [0.29, 0.717) is 6.54 Å². The molecule has 4 heteroatoms. The van der Waals surface area contributed by atoms with Crippen LogP contribution in [0.15, 0.2) is 18.3 Å². The van der Waals surface area contributed by atoms with Crippen LogP contribution in [0.25, 0.3) is 0 Å². The fraction of sp³-hybridized carbons (Fsp3) is 0.583. The fourth-order valence-corrected chi connectivity index (χ4v) is 1.58. The van der Waals surface area contributed by atoms with Gasteiger partial charge in [-0.1, -0.05) is 0 Å². The van der Waals surface area contributed by atoms with Gasteiger partial charge in [-0.05, 0) is 32.0 Å². The summed E-state index contributed by atoms with van der Waals surface area (Å²) in [5.41, 5.74) is 7.77. The van der Waals surface area contributed by atoms with Crippen molar-refractivity contribution in [3.63, 3.8) is 0 Å². The topological polar surface area (TPSA) is 51.4 Å². The number of hydrogen-bond acceptors (Lipinski definition) is 4. The van der Waals surface area contributed by atoms with Crippen LogP contribution in [0.5, 0.6) is 0 Å². The first-order valence-electron chi connectivity index (χ1n) is 5.64. The predicted molar refractivity (Wildman–Crippen MR) is 66.7 cm³/mol. The lowest BCUT2D eigenvalue weighted by Gasteiger charge is -2.24. The maximum absolute atomic E-state index is 5.54. The number of aryl methyl sites for hydroxylation is 1. The number of nitrogens with two attached hydrogens (primary N) is 1. The van der Waals surface area contributed by atoms with Crippen LogP contribution in [-0.4, -0.2) is 38.3 Å². The summed E-state index contributed by atoms with van der Waals surface area (Å²) in [5.74, 6) is 0. The molecule has 4 nitrogen and oxygen atoms in total. The Kier molecular flexibility index (Phi) is 5.82. The molecule has 0 fully saturated rings. The summed E-state index contributed by atoms with van der Waals surface area (Å²) in [4.78, 5) is 6.48. The van der Waals surface area contributed by atoms with Crippen LogP contribution in [0, 0.1) is 6.92 Å². The number of aromatic nitrogens is 1. The highest BCUT2D eigenvalue weighted by Gasteiger charge is 2.05. The first-order chi connectivity index (χ1) is 7.77. The van der Waals surface area contributed by atoms with Gasteiger partial charge in [0.15, 0.2) is 0 Å². The van der Waals surface area contributed by atoms with Gasteiger partial charge in [-0.3, -0.25) is 4.98 Å². The Balaban J connectivity index is 2.66. The van der Waals surface area contributed by atoms with E-state index in [2.05, 4.69) is 16.0 Å². The third kappa shape index (κ3) is 4.16. The molecule has 0 saturated heterocycles. The molecule has 90 valence electrons. The molecule has 1 rings (SSSR count). The van der Waals surface area contributed by atoms with E-state index < -0.39 is 0 Å². The Morgan fingerprint density at radius 3 is 2.88 bits per heavy atom. The molecule has 0 atom stereocenters. The van der Waals surface area contributed by atoms with Crippen molar-refractivity contribution in [1.29, 1.82) is 0 Å². The number of ether oxygens (including phenoxy) is 1. The summed E-state index contributed by atoms with van der Waals surface area (Å²) in [6.45, 7) is 5.30. The summed E-state index contributed by atoms with van der Waals surface area (Å²) in [5, 5.41) is 0. The van der Waals surface area contributed by atoms with Crippen LogP contribution in [0.2, 0.25) is 0 Å². The van der Waals surface area contributed by atoms with Crippen molar-refractivity contribution < 1.29 is 4.74 Å². The fourth-order valence-electron chi connectivity index (χ4n) is 1.58. The third-order valence-corrected chi connectivity index (χ3v) is 2.44. The van der Waals surface area contributed by atoms with E-state index in [9.17, 15) is 0 Å². The molecular formula is C12H21N3O. The van der Waals surface area contributed by atoms with E-state index in [1.165, 1.54) is 5.69 Å². The molecule has 0 aromatic carbocycles. The Hall–Kier alpha value is -1.13. The van der Waals surface area contributed by atoms with E-state index >= 15 is 0 Å². The average molecular weight is 223 g/mol. The summed E-state index contributed by atoms with van der Waals surface area (Å²) >= 11 is 0. The van der Waals surface area contributed by atoms with E-state index in [1.807, 2.05) is 19.2 Å². The normalized spacial score (nSPS) is 10.4. The molecule has 0 spiro atoms. The summed E-state index contributed by atoms with van der Waals surface area (Å²) in [6, 6.07) is 4.12. The zero-order chi connectivity index (χ0) is 11.8. The zero-order valence-corrected chi connectivity index (χ0v) is 10.1. The highest BCUT2D eigenvalue weighted by atomic mass is 16.5. The molecule has 0 amide bonds. The van der Waals surface area contributed by atoms with Crippen molar-refractivity contribution in [2.24, 2.45) is 5.73 Å². The smallest absolute Gasteiger partial charge is 0.0637 e. The lowest BCUT2D eigenvalue weighted by molar-refractivity contribution is 0.205. The van der Waals surface area contributed by atoms with Crippen LogP contribution >= 0.6 is 0 Å². The van der Waals surface area contributed by atoms with Crippen molar-refractivity contribution in [1.82, 2.24) is 4.98 Å². The maximum atomic E-state index is 5.54. The monoisotopic (exact) mass is 223 g/mol. The summed E-state index contributed by atoms with van der Waals surface area (Å²) in [6.07, 6.45) is 2.83. The zero-order valence-electron chi connectivity index (χ0n) is 10.1. The number of anilines is 1. The van der Waals surface area contributed by atoms with Gasteiger partial charge in [-0.2, -0.15) is 0 Å². The van der Waals surface area contributed by atoms with Gasteiger partial charge in [0, 0.05) is 37.8 Å². The highest BCUT2D eigenvalue weighted by molar-refractivity contribution is 5.46. The van der Waals surface area contributed by atoms with Gasteiger partial charge in [0.2, 0.25) is 0 Å². The Labute approximate surface area is 97.4 Å². The SMILES string of the molecule is COCCN(CCCN)c1ccnc(C)c1. The molecule has 16 heavy (non-hydrogen) atoms. The minimum atomic E-state index is 0.716. The van der Waals surface area contributed by atoms with Crippen LogP contribution in [0.4, 0.5) is 5.69 Å². The van der Waals surface area contributed by atoms with Gasteiger partial charge in [0.25, 0.3) is 0 Å².